The first-order valence-electron chi connectivity index (χ1n) is 12.5. The van der Waals surface area contributed by atoms with Crippen molar-refractivity contribution in [1.82, 2.24) is 10.2 Å². The van der Waals surface area contributed by atoms with Gasteiger partial charge in [0.1, 0.15) is 12.6 Å². The average Bonchev–Trinajstić information content (AvgIpc) is 2.88. The number of nitrogens with one attached hydrogen (secondary N) is 1. The molecule has 2 amide bonds. The van der Waals surface area contributed by atoms with E-state index in [4.69, 9.17) is 0 Å². The van der Waals surface area contributed by atoms with Gasteiger partial charge in [-0.05, 0) is 48.7 Å². The van der Waals surface area contributed by atoms with E-state index in [1.807, 2.05) is 68.4 Å². The number of hydrogen-bond acceptors (Lipinski definition) is 4. The van der Waals surface area contributed by atoms with Crippen molar-refractivity contribution < 1.29 is 18.0 Å². The van der Waals surface area contributed by atoms with Crippen molar-refractivity contribution in [2.45, 2.75) is 39.3 Å². The van der Waals surface area contributed by atoms with Gasteiger partial charge in [0.15, 0.2) is 0 Å². The van der Waals surface area contributed by atoms with Crippen LogP contribution in [-0.4, -0.2) is 50.5 Å². The molecule has 0 aliphatic carbocycles. The van der Waals surface area contributed by atoms with Gasteiger partial charge in [-0.1, -0.05) is 83.0 Å². The van der Waals surface area contributed by atoms with Crippen LogP contribution in [0.15, 0.2) is 83.3 Å². The van der Waals surface area contributed by atoms with Gasteiger partial charge < -0.3 is 10.2 Å². The first-order chi connectivity index (χ1) is 18.1. The van der Waals surface area contributed by atoms with Crippen LogP contribution in [-0.2, 0) is 32.6 Å². The molecule has 0 heterocycles. The fraction of sp³-hybridized carbons (Fsp3) is 0.310. The van der Waals surface area contributed by atoms with Crippen LogP contribution in [0.1, 0.15) is 30.0 Å². The van der Waals surface area contributed by atoms with Crippen LogP contribution in [0, 0.1) is 6.92 Å². The van der Waals surface area contributed by atoms with Crippen molar-refractivity contribution >= 4 is 43.5 Å². The normalized spacial score (nSPS) is 12.0. The SMILES string of the molecule is CCCNC(=O)C(Cc1ccccc1)N(Cc1cccc(C)c1)C(=O)CN(c1ccc(Br)cc1)S(C)(=O)=O. The van der Waals surface area contributed by atoms with Gasteiger partial charge >= 0.3 is 0 Å². The highest BCUT2D eigenvalue weighted by atomic mass is 79.9. The molecule has 1 unspecified atom stereocenters. The maximum Gasteiger partial charge on any atom is 0.244 e. The molecule has 0 aromatic heterocycles. The molecule has 0 fully saturated rings. The molecule has 202 valence electrons. The second kappa shape index (κ2) is 13.6. The van der Waals surface area contributed by atoms with Gasteiger partial charge in [0.2, 0.25) is 21.8 Å². The van der Waals surface area contributed by atoms with Crippen LogP contribution in [0.2, 0.25) is 0 Å². The molecule has 3 rings (SSSR count). The second-order valence-electron chi connectivity index (χ2n) is 9.25. The number of aryl methyl sites for hydroxylation is 1. The summed E-state index contributed by atoms with van der Waals surface area (Å²) in [7, 11) is -3.79. The lowest BCUT2D eigenvalue weighted by Gasteiger charge is -2.33. The van der Waals surface area contributed by atoms with Gasteiger partial charge in [-0.2, -0.15) is 0 Å². The Labute approximate surface area is 234 Å². The number of hydrogen-bond donors (Lipinski definition) is 1. The molecule has 3 aromatic carbocycles. The van der Waals surface area contributed by atoms with Gasteiger partial charge in [-0.25, -0.2) is 8.42 Å². The third-order valence-corrected chi connectivity index (χ3v) is 7.72. The van der Waals surface area contributed by atoms with Gasteiger partial charge in [0.05, 0.1) is 11.9 Å². The molecule has 0 saturated carbocycles. The number of carbonyl (C=O) groups excluding carboxylic acids is 2. The van der Waals surface area contributed by atoms with Crippen LogP contribution >= 0.6 is 15.9 Å². The van der Waals surface area contributed by atoms with Gasteiger partial charge in [-0.15, -0.1) is 0 Å². The fourth-order valence-corrected chi connectivity index (χ4v) is 5.26. The summed E-state index contributed by atoms with van der Waals surface area (Å²) in [5.41, 5.74) is 3.15. The first kappa shape index (κ1) is 29.4. The van der Waals surface area contributed by atoms with Crippen molar-refractivity contribution in [3.63, 3.8) is 0 Å². The van der Waals surface area contributed by atoms with E-state index in [9.17, 15) is 18.0 Å². The lowest BCUT2D eigenvalue weighted by atomic mass is 10.0. The molecular formula is C29H34BrN3O4S. The molecule has 9 heteroatoms. The molecule has 0 aliphatic rings. The van der Waals surface area contributed by atoms with Crippen molar-refractivity contribution in [3.05, 3.63) is 100 Å². The molecular weight excluding hydrogens is 566 g/mol. The van der Waals surface area contributed by atoms with Crippen LogP contribution in [0.4, 0.5) is 5.69 Å². The summed E-state index contributed by atoms with van der Waals surface area (Å²) in [4.78, 5) is 28.9. The topological polar surface area (TPSA) is 86.8 Å². The predicted octanol–water partition coefficient (Wildman–Crippen LogP) is 4.69. The Balaban J connectivity index is 2.03. The van der Waals surface area contributed by atoms with Gasteiger partial charge in [0, 0.05) is 24.0 Å². The molecule has 0 spiro atoms. The Morgan fingerprint density at radius 1 is 0.947 bits per heavy atom. The molecule has 7 nitrogen and oxygen atoms in total. The quantitative estimate of drug-likeness (QED) is 0.327. The second-order valence-corrected chi connectivity index (χ2v) is 12.1. The van der Waals surface area contributed by atoms with Crippen molar-refractivity contribution in [3.8, 4) is 0 Å². The van der Waals surface area contributed by atoms with Crippen LogP contribution < -0.4 is 9.62 Å². The number of halogens is 1. The number of benzene rings is 3. The van der Waals surface area contributed by atoms with E-state index < -0.39 is 28.5 Å². The molecule has 0 bridgehead atoms. The molecule has 0 radical (unpaired) electrons. The summed E-state index contributed by atoms with van der Waals surface area (Å²) in [6.07, 6.45) is 2.12. The minimum Gasteiger partial charge on any atom is -0.354 e. The zero-order chi connectivity index (χ0) is 27.7. The number of rotatable bonds is 12. The minimum atomic E-state index is -3.79. The number of amides is 2. The molecule has 3 aromatic rings. The van der Waals surface area contributed by atoms with E-state index >= 15 is 0 Å². The van der Waals surface area contributed by atoms with Crippen molar-refractivity contribution in [1.29, 1.82) is 0 Å². The van der Waals surface area contributed by atoms with Gasteiger partial charge in [0.25, 0.3) is 0 Å². The standard InChI is InChI=1S/C29H34BrN3O4S/c1-4-17-31-29(35)27(19-23-10-6-5-7-11-23)32(20-24-12-8-9-22(2)18-24)28(34)21-33(38(3,36)37)26-15-13-25(30)14-16-26/h5-16,18,27H,4,17,19-21H2,1-3H3,(H,31,35). The molecule has 0 aliphatic heterocycles. The Morgan fingerprint density at radius 3 is 2.21 bits per heavy atom. The Morgan fingerprint density at radius 2 is 1.61 bits per heavy atom. The minimum absolute atomic E-state index is 0.162. The Kier molecular flexibility index (Phi) is 10.5. The monoisotopic (exact) mass is 599 g/mol. The summed E-state index contributed by atoms with van der Waals surface area (Å²) < 4.78 is 27.4. The van der Waals surface area contributed by atoms with E-state index in [2.05, 4.69) is 21.2 Å². The lowest BCUT2D eigenvalue weighted by molar-refractivity contribution is -0.140. The third kappa shape index (κ3) is 8.43. The van der Waals surface area contributed by atoms with E-state index in [0.717, 1.165) is 38.1 Å². The first-order valence-corrected chi connectivity index (χ1v) is 15.1. The predicted molar refractivity (Wildman–Crippen MR) is 155 cm³/mol. The van der Waals surface area contributed by atoms with E-state index in [0.29, 0.717) is 18.7 Å². The highest BCUT2D eigenvalue weighted by molar-refractivity contribution is 9.10. The maximum absolute atomic E-state index is 14.0. The van der Waals surface area contributed by atoms with Crippen LogP contribution in [0.5, 0.6) is 0 Å². The zero-order valence-electron chi connectivity index (χ0n) is 21.9. The lowest BCUT2D eigenvalue weighted by Crippen LogP contribution is -2.53. The summed E-state index contributed by atoms with van der Waals surface area (Å²) in [5, 5.41) is 2.94. The number of carbonyl (C=O) groups is 2. The summed E-state index contributed by atoms with van der Waals surface area (Å²) in [6, 6.07) is 23.1. The number of sulfonamides is 1. The summed E-state index contributed by atoms with van der Waals surface area (Å²) in [6.45, 7) is 4.13. The molecule has 0 saturated heterocycles. The Bertz CT molecular complexity index is 1330. The zero-order valence-corrected chi connectivity index (χ0v) is 24.3. The third-order valence-electron chi connectivity index (χ3n) is 6.05. The highest BCUT2D eigenvalue weighted by Crippen LogP contribution is 2.22. The van der Waals surface area contributed by atoms with Crippen molar-refractivity contribution in [2.24, 2.45) is 0 Å². The van der Waals surface area contributed by atoms with Gasteiger partial charge in [-0.3, -0.25) is 13.9 Å². The fourth-order valence-electron chi connectivity index (χ4n) is 4.15. The Hall–Kier alpha value is -3.17. The summed E-state index contributed by atoms with van der Waals surface area (Å²) >= 11 is 3.36. The van der Waals surface area contributed by atoms with E-state index in [-0.39, 0.29) is 12.5 Å². The van der Waals surface area contributed by atoms with Crippen molar-refractivity contribution in [2.75, 3.05) is 23.7 Å². The highest BCUT2D eigenvalue weighted by Gasteiger charge is 2.32. The average molecular weight is 601 g/mol. The number of nitrogens with zero attached hydrogens (tertiary/aromatic N) is 2. The van der Waals surface area contributed by atoms with E-state index in [1.165, 1.54) is 4.90 Å². The van der Waals surface area contributed by atoms with Crippen LogP contribution in [0.25, 0.3) is 0 Å². The maximum atomic E-state index is 14.0. The molecule has 1 N–H and O–H groups in total. The largest absolute Gasteiger partial charge is 0.354 e. The number of anilines is 1. The summed E-state index contributed by atoms with van der Waals surface area (Å²) in [5.74, 6) is -0.737. The molecule has 38 heavy (non-hydrogen) atoms. The van der Waals surface area contributed by atoms with E-state index in [1.54, 1.807) is 24.3 Å². The smallest absolute Gasteiger partial charge is 0.244 e. The van der Waals surface area contributed by atoms with Crippen LogP contribution in [0.3, 0.4) is 0 Å². The molecule has 1 atom stereocenters.